The average molecular weight is 487 g/mol. The summed E-state index contributed by atoms with van der Waals surface area (Å²) in [6, 6.07) is 5.96. The molecule has 5 rings (SSSR count). The van der Waals surface area contributed by atoms with E-state index in [1.807, 2.05) is 7.05 Å². The van der Waals surface area contributed by atoms with Crippen molar-refractivity contribution >= 4 is 5.82 Å². The average Bonchev–Trinajstić information content (AvgIpc) is 3.19. The number of hydrogen-bond acceptors (Lipinski definition) is 9. The molecule has 0 saturated carbocycles. The van der Waals surface area contributed by atoms with Gasteiger partial charge in [0.25, 0.3) is 0 Å². The highest BCUT2D eigenvalue weighted by Gasteiger charge is 2.38. The van der Waals surface area contributed by atoms with Crippen molar-refractivity contribution in [3.05, 3.63) is 36.3 Å². The van der Waals surface area contributed by atoms with Gasteiger partial charge in [-0.05, 0) is 37.8 Å². The number of nitrogens with one attached hydrogen (secondary N) is 1. The van der Waals surface area contributed by atoms with E-state index in [0.29, 0.717) is 35.1 Å². The molecule has 2 fully saturated rings. The van der Waals surface area contributed by atoms with Crippen molar-refractivity contribution in [3.63, 3.8) is 0 Å². The van der Waals surface area contributed by atoms with Crippen LogP contribution in [0.5, 0.6) is 11.6 Å². The summed E-state index contributed by atoms with van der Waals surface area (Å²) in [4.78, 5) is 13.8. The van der Waals surface area contributed by atoms with E-state index < -0.39 is 17.8 Å². The van der Waals surface area contributed by atoms with E-state index in [1.165, 1.54) is 18.9 Å². The Morgan fingerprint density at radius 1 is 1.09 bits per heavy atom. The minimum absolute atomic E-state index is 0.114. The summed E-state index contributed by atoms with van der Waals surface area (Å²) < 4.78 is 43.9. The first-order valence-electron chi connectivity index (χ1n) is 11.2. The van der Waals surface area contributed by atoms with Gasteiger partial charge < -0.3 is 20.1 Å². The molecule has 3 aromatic rings. The lowest BCUT2D eigenvalue weighted by molar-refractivity contribution is -0.142. The number of fused-ring (bicyclic) bond motifs is 2. The van der Waals surface area contributed by atoms with Crippen molar-refractivity contribution in [2.75, 3.05) is 19.1 Å². The molecule has 0 unspecified atom stereocenters. The molecule has 184 valence electrons. The Bertz CT molecular complexity index is 1210. The van der Waals surface area contributed by atoms with E-state index in [1.54, 1.807) is 18.3 Å². The molecule has 0 radical (unpaired) electrons. The summed E-state index contributed by atoms with van der Waals surface area (Å²) in [5.41, 5.74) is -0.409. The van der Waals surface area contributed by atoms with Crippen LogP contribution in [0.3, 0.4) is 0 Å². The zero-order valence-corrected chi connectivity index (χ0v) is 19.1. The Morgan fingerprint density at radius 3 is 2.43 bits per heavy atom. The van der Waals surface area contributed by atoms with Crippen LogP contribution in [0.25, 0.3) is 22.6 Å². The molecule has 9 nitrogen and oxygen atoms in total. The van der Waals surface area contributed by atoms with E-state index in [-0.39, 0.29) is 17.3 Å². The van der Waals surface area contributed by atoms with Gasteiger partial charge in [-0.3, -0.25) is 0 Å². The van der Waals surface area contributed by atoms with Crippen molar-refractivity contribution in [1.29, 1.82) is 0 Å². The zero-order chi connectivity index (χ0) is 24.7. The summed E-state index contributed by atoms with van der Waals surface area (Å²) in [7, 11) is 3.08. The van der Waals surface area contributed by atoms with Gasteiger partial charge in [0.1, 0.15) is 5.75 Å². The van der Waals surface area contributed by atoms with Crippen LogP contribution < -0.4 is 15.0 Å². The third kappa shape index (κ3) is 4.57. The fraction of sp³-hybridized carbons (Fsp3) is 0.435. The molecule has 2 bridgehead atoms. The van der Waals surface area contributed by atoms with Crippen LogP contribution >= 0.6 is 0 Å². The molecule has 1 aromatic carbocycles. The van der Waals surface area contributed by atoms with Gasteiger partial charge in [-0.15, -0.1) is 10.2 Å². The van der Waals surface area contributed by atoms with Crippen LogP contribution in [0.1, 0.15) is 31.4 Å². The van der Waals surface area contributed by atoms with Gasteiger partial charge in [0.15, 0.2) is 11.6 Å². The number of benzene rings is 1. The highest BCUT2D eigenvalue weighted by atomic mass is 19.4. The van der Waals surface area contributed by atoms with E-state index in [9.17, 15) is 18.3 Å². The standard InChI is InChI=1S/C23H24F3N7O2/c1-33(15-8-13-4-5-14(9-15)29-13)19-11-28-21(32-31-19)16-6-3-12(7-18(16)34)17-10-27-20(23(24,25)26)22(30-17)35-2/h3,6-7,10-11,13-15,29,34H,4-5,8-9H2,1-2H3/t13-,14+,15-. The van der Waals surface area contributed by atoms with E-state index in [0.717, 1.165) is 26.1 Å². The number of aromatic hydroxyl groups is 1. The molecule has 2 aliphatic rings. The molecule has 0 aliphatic carbocycles. The molecule has 3 atom stereocenters. The summed E-state index contributed by atoms with van der Waals surface area (Å²) in [5.74, 6) is 0.0736. The van der Waals surface area contributed by atoms with Crippen molar-refractivity contribution in [3.8, 4) is 34.3 Å². The first-order chi connectivity index (χ1) is 16.7. The number of alkyl halides is 3. The lowest BCUT2D eigenvalue weighted by atomic mass is 9.99. The molecule has 0 spiro atoms. The van der Waals surface area contributed by atoms with Gasteiger partial charge in [-0.2, -0.15) is 13.2 Å². The summed E-state index contributed by atoms with van der Waals surface area (Å²) in [5, 5.41) is 22.7. The van der Waals surface area contributed by atoms with Gasteiger partial charge in [0.2, 0.25) is 11.6 Å². The first-order valence-corrected chi connectivity index (χ1v) is 11.2. The highest BCUT2D eigenvalue weighted by molar-refractivity contribution is 5.71. The lowest BCUT2D eigenvalue weighted by Gasteiger charge is -2.35. The summed E-state index contributed by atoms with van der Waals surface area (Å²) in [6.45, 7) is 0. The normalized spacial score (nSPS) is 21.7. The number of halogens is 3. The quantitative estimate of drug-likeness (QED) is 0.559. The maximum atomic E-state index is 13.0. The summed E-state index contributed by atoms with van der Waals surface area (Å²) in [6.07, 6.45) is 2.44. The topological polar surface area (TPSA) is 109 Å². The van der Waals surface area contributed by atoms with Gasteiger partial charge in [-0.1, -0.05) is 6.07 Å². The molecule has 4 heterocycles. The SMILES string of the molecule is COc1nc(-c2ccc(-c3ncc(N(C)[C@@H]4C[C@H]5CC[C@@H](C4)N5)nn3)c(O)c2)cnc1C(F)(F)F. The lowest BCUT2D eigenvalue weighted by Crippen LogP contribution is -2.47. The van der Waals surface area contributed by atoms with Crippen LogP contribution in [-0.2, 0) is 6.18 Å². The van der Waals surface area contributed by atoms with Crippen LogP contribution in [0.2, 0.25) is 0 Å². The molecular weight excluding hydrogens is 463 g/mol. The minimum Gasteiger partial charge on any atom is -0.507 e. The van der Waals surface area contributed by atoms with Crippen molar-refractivity contribution in [2.24, 2.45) is 0 Å². The number of aromatic nitrogens is 5. The number of nitrogens with zero attached hydrogens (tertiary/aromatic N) is 6. The minimum atomic E-state index is -4.69. The van der Waals surface area contributed by atoms with Gasteiger partial charge in [0, 0.05) is 30.7 Å². The second-order valence-electron chi connectivity index (χ2n) is 8.86. The van der Waals surface area contributed by atoms with Gasteiger partial charge in [0.05, 0.1) is 30.8 Å². The Kier molecular flexibility index (Phi) is 5.91. The number of ether oxygens (including phenoxy) is 1. The predicted octanol–water partition coefficient (Wildman–Crippen LogP) is 3.45. The van der Waals surface area contributed by atoms with Gasteiger partial charge in [-0.25, -0.2) is 15.0 Å². The zero-order valence-electron chi connectivity index (χ0n) is 19.1. The van der Waals surface area contributed by atoms with Crippen molar-refractivity contribution < 1.29 is 23.0 Å². The second-order valence-corrected chi connectivity index (χ2v) is 8.86. The highest BCUT2D eigenvalue weighted by Crippen LogP contribution is 2.36. The van der Waals surface area contributed by atoms with E-state index in [2.05, 4.69) is 35.4 Å². The van der Waals surface area contributed by atoms with Crippen LogP contribution in [0, 0.1) is 0 Å². The van der Waals surface area contributed by atoms with Crippen molar-refractivity contribution in [1.82, 2.24) is 30.5 Å². The Labute approximate surface area is 199 Å². The molecule has 2 aliphatic heterocycles. The molecular formula is C23H24F3N7O2. The number of rotatable bonds is 5. The predicted molar refractivity (Wildman–Crippen MR) is 121 cm³/mol. The van der Waals surface area contributed by atoms with Crippen LogP contribution in [0.4, 0.5) is 19.0 Å². The maximum Gasteiger partial charge on any atom is 0.438 e. The number of piperidine rings is 1. The molecule has 2 saturated heterocycles. The monoisotopic (exact) mass is 487 g/mol. The Balaban J connectivity index is 1.35. The fourth-order valence-corrected chi connectivity index (χ4v) is 4.81. The third-order valence-corrected chi connectivity index (χ3v) is 6.64. The first kappa shape index (κ1) is 23.2. The number of phenols is 1. The molecule has 2 aromatic heterocycles. The summed E-state index contributed by atoms with van der Waals surface area (Å²) >= 11 is 0. The maximum absolute atomic E-state index is 13.0. The fourth-order valence-electron chi connectivity index (χ4n) is 4.81. The Morgan fingerprint density at radius 2 is 1.83 bits per heavy atom. The second kappa shape index (κ2) is 8.91. The molecule has 12 heteroatoms. The number of methoxy groups -OCH3 is 1. The largest absolute Gasteiger partial charge is 0.507 e. The molecule has 2 N–H and O–H groups in total. The van der Waals surface area contributed by atoms with E-state index in [4.69, 9.17) is 4.74 Å². The third-order valence-electron chi connectivity index (χ3n) is 6.64. The van der Waals surface area contributed by atoms with Crippen LogP contribution in [0.15, 0.2) is 30.6 Å². The van der Waals surface area contributed by atoms with E-state index >= 15 is 0 Å². The van der Waals surface area contributed by atoms with Gasteiger partial charge >= 0.3 is 6.18 Å². The molecule has 35 heavy (non-hydrogen) atoms. The molecule has 0 amide bonds. The number of anilines is 1. The smallest absolute Gasteiger partial charge is 0.438 e. The van der Waals surface area contributed by atoms with Crippen molar-refractivity contribution in [2.45, 2.75) is 50.0 Å². The Hall–Kier alpha value is -3.54. The van der Waals surface area contributed by atoms with Crippen LogP contribution in [-0.4, -0.2) is 62.5 Å². The number of hydrogen-bond donors (Lipinski definition) is 2. The number of phenolic OH excluding ortho intramolecular Hbond substituents is 1.